The molecule has 0 aliphatic carbocycles. The molecule has 17 heavy (non-hydrogen) atoms. The second kappa shape index (κ2) is 4.73. The third-order valence-corrected chi connectivity index (χ3v) is 3.41. The zero-order valence-electron chi connectivity index (χ0n) is 9.88. The Morgan fingerprint density at radius 2 is 2.35 bits per heavy atom. The Morgan fingerprint density at radius 1 is 1.59 bits per heavy atom. The number of carbonyl (C=O) groups excluding carboxylic acids is 1. The summed E-state index contributed by atoms with van der Waals surface area (Å²) in [6.45, 7) is 3.54. The molecule has 1 aliphatic heterocycles. The maximum Gasteiger partial charge on any atom is 0.327 e. The summed E-state index contributed by atoms with van der Waals surface area (Å²) in [7, 11) is 1.77. The molecule has 2 heterocycles. The molecule has 1 aromatic heterocycles. The molecular formula is C11H14N4OS. The molecule has 0 saturated carbocycles. The van der Waals surface area contributed by atoms with Crippen molar-refractivity contribution in [1.29, 1.82) is 0 Å². The van der Waals surface area contributed by atoms with Crippen LogP contribution in [0.2, 0.25) is 0 Å². The van der Waals surface area contributed by atoms with Crippen LogP contribution in [0.1, 0.15) is 5.69 Å². The SMILES string of the molecule is C#CCN1CN(C)C(=O)N(c2cc(C)ns2)C1. The number of carbonyl (C=O) groups is 1. The molecule has 2 amide bonds. The lowest BCUT2D eigenvalue weighted by Crippen LogP contribution is -2.56. The van der Waals surface area contributed by atoms with Crippen molar-refractivity contribution in [2.24, 2.45) is 0 Å². The second-order valence-electron chi connectivity index (χ2n) is 4.03. The summed E-state index contributed by atoms with van der Waals surface area (Å²) in [4.78, 5) is 17.4. The Hall–Kier alpha value is -1.58. The van der Waals surface area contributed by atoms with Gasteiger partial charge in [0.15, 0.2) is 0 Å². The molecule has 0 N–H and O–H groups in total. The summed E-state index contributed by atoms with van der Waals surface area (Å²) >= 11 is 1.33. The van der Waals surface area contributed by atoms with E-state index in [4.69, 9.17) is 6.42 Å². The molecule has 1 aromatic rings. The van der Waals surface area contributed by atoms with E-state index in [0.717, 1.165) is 10.7 Å². The van der Waals surface area contributed by atoms with Crippen LogP contribution in [0, 0.1) is 19.3 Å². The third-order valence-electron chi connectivity index (χ3n) is 2.51. The summed E-state index contributed by atoms with van der Waals surface area (Å²) < 4.78 is 4.19. The van der Waals surface area contributed by atoms with Crippen LogP contribution in [0.5, 0.6) is 0 Å². The first kappa shape index (κ1) is 11.9. The number of hydrogen-bond donors (Lipinski definition) is 0. The van der Waals surface area contributed by atoms with Crippen LogP contribution in [-0.2, 0) is 0 Å². The number of aryl methyl sites for hydroxylation is 1. The number of nitrogens with zero attached hydrogens (tertiary/aromatic N) is 4. The summed E-state index contributed by atoms with van der Waals surface area (Å²) in [6, 6.07) is 1.90. The molecule has 2 rings (SSSR count). The van der Waals surface area contributed by atoms with Crippen LogP contribution in [0.25, 0.3) is 0 Å². The monoisotopic (exact) mass is 250 g/mol. The van der Waals surface area contributed by atoms with E-state index in [1.54, 1.807) is 16.8 Å². The lowest BCUT2D eigenvalue weighted by Gasteiger charge is -2.38. The van der Waals surface area contributed by atoms with E-state index in [-0.39, 0.29) is 6.03 Å². The van der Waals surface area contributed by atoms with E-state index < -0.39 is 0 Å². The summed E-state index contributed by atoms with van der Waals surface area (Å²) in [5, 5.41) is 0.862. The van der Waals surface area contributed by atoms with Gasteiger partial charge in [-0.25, -0.2) is 4.79 Å². The fourth-order valence-electron chi connectivity index (χ4n) is 1.74. The van der Waals surface area contributed by atoms with E-state index in [1.165, 1.54) is 11.5 Å². The topological polar surface area (TPSA) is 39.7 Å². The van der Waals surface area contributed by atoms with E-state index in [9.17, 15) is 4.79 Å². The maximum absolute atomic E-state index is 12.0. The van der Waals surface area contributed by atoms with Crippen LogP contribution < -0.4 is 4.90 Å². The summed E-state index contributed by atoms with van der Waals surface area (Å²) in [5.41, 5.74) is 0.925. The van der Waals surface area contributed by atoms with Crippen LogP contribution in [0.15, 0.2) is 6.07 Å². The lowest BCUT2D eigenvalue weighted by atomic mass is 10.4. The van der Waals surface area contributed by atoms with E-state index in [1.807, 2.05) is 17.9 Å². The number of amides is 2. The van der Waals surface area contributed by atoms with Crippen molar-refractivity contribution in [3.05, 3.63) is 11.8 Å². The van der Waals surface area contributed by atoms with E-state index in [0.29, 0.717) is 19.9 Å². The van der Waals surface area contributed by atoms with Crippen molar-refractivity contribution < 1.29 is 4.79 Å². The molecular weight excluding hydrogens is 236 g/mol. The molecule has 5 nitrogen and oxygen atoms in total. The largest absolute Gasteiger partial charge is 0.327 e. The van der Waals surface area contributed by atoms with Gasteiger partial charge in [0.2, 0.25) is 0 Å². The zero-order chi connectivity index (χ0) is 12.4. The predicted molar refractivity (Wildman–Crippen MR) is 67.8 cm³/mol. The molecule has 90 valence electrons. The van der Waals surface area contributed by atoms with Gasteiger partial charge in [0, 0.05) is 7.05 Å². The predicted octanol–water partition coefficient (Wildman–Crippen LogP) is 1.17. The second-order valence-corrected chi connectivity index (χ2v) is 4.81. The molecule has 0 spiro atoms. The minimum Gasteiger partial charge on any atom is -0.314 e. The van der Waals surface area contributed by atoms with Gasteiger partial charge >= 0.3 is 6.03 Å². The molecule has 0 atom stereocenters. The van der Waals surface area contributed by atoms with E-state index >= 15 is 0 Å². The molecule has 0 radical (unpaired) electrons. The first-order chi connectivity index (χ1) is 8.11. The van der Waals surface area contributed by atoms with Gasteiger partial charge in [-0.15, -0.1) is 6.42 Å². The highest BCUT2D eigenvalue weighted by molar-refractivity contribution is 7.10. The number of urea groups is 1. The highest BCUT2D eigenvalue weighted by atomic mass is 32.1. The number of anilines is 1. The van der Waals surface area contributed by atoms with Crippen molar-refractivity contribution in [3.8, 4) is 12.3 Å². The molecule has 1 aliphatic rings. The van der Waals surface area contributed by atoms with E-state index in [2.05, 4.69) is 10.3 Å². The van der Waals surface area contributed by atoms with Crippen LogP contribution in [0.4, 0.5) is 9.80 Å². The van der Waals surface area contributed by atoms with Gasteiger partial charge in [0.05, 0.1) is 25.6 Å². The number of aromatic nitrogens is 1. The van der Waals surface area contributed by atoms with Crippen LogP contribution >= 0.6 is 11.5 Å². The highest BCUT2D eigenvalue weighted by Crippen LogP contribution is 2.24. The van der Waals surface area contributed by atoms with Gasteiger partial charge in [-0.1, -0.05) is 5.92 Å². The Labute approximate surface area is 105 Å². The Kier molecular flexibility index (Phi) is 3.31. The van der Waals surface area contributed by atoms with Gasteiger partial charge in [-0.3, -0.25) is 9.80 Å². The number of hydrogen-bond acceptors (Lipinski definition) is 4. The Balaban J connectivity index is 2.20. The normalized spacial score (nSPS) is 17.4. The molecule has 0 aromatic carbocycles. The molecule has 0 bridgehead atoms. The number of rotatable bonds is 2. The fraction of sp³-hybridized carbons (Fsp3) is 0.455. The van der Waals surface area contributed by atoms with Gasteiger partial charge in [-0.05, 0) is 24.5 Å². The maximum atomic E-state index is 12.0. The minimum atomic E-state index is -0.0121. The van der Waals surface area contributed by atoms with Gasteiger partial charge < -0.3 is 4.90 Å². The third kappa shape index (κ3) is 2.40. The lowest BCUT2D eigenvalue weighted by molar-refractivity contribution is 0.141. The minimum absolute atomic E-state index is 0.0121. The van der Waals surface area contributed by atoms with Gasteiger partial charge in [-0.2, -0.15) is 4.37 Å². The van der Waals surface area contributed by atoms with Crippen LogP contribution in [-0.4, -0.2) is 47.1 Å². The van der Waals surface area contributed by atoms with Crippen LogP contribution in [0.3, 0.4) is 0 Å². The highest BCUT2D eigenvalue weighted by Gasteiger charge is 2.29. The quantitative estimate of drug-likeness (QED) is 0.740. The summed E-state index contributed by atoms with van der Waals surface area (Å²) in [6.07, 6.45) is 5.30. The van der Waals surface area contributed by atoms with Crippen molar-refractivity contribution >= 4 is 22.6 Å². The fourth-order valence-corrected chi connectivity index (χ4v) is 2.49. The van der Waals surface area contributed by atoms with Gasteiger partial charge in [0.1, 0.15) is 5.00 Å². The summed E-state index contributed by atoms with van der Waals surface area (Å²) in [5.74, 6) is 2.60. The standard InChI is InChI=1S/C11H14N4OS/c1-4-5-14-7-13(3)11(16)15(8-14)10-6-9(2)12-17-10/h1,6H,5,7-8H2,2-3H3. The first-order valence-corrected chi connectivity index (χ1v) is 6.01. The Morgan fingerprint density at radius 3 is 2.94 bits per heavy atom. The number of terminal acetylenes is 1. The zero-order valence-corrected chi connectivity index (χ0v) is 10.7. The first-order valence-electron chi connectivity index (χ1n) is 5.23. The Bertz CT molecular complexity index is 464. The molecule has 1 fully saturated rings. The average molecular weight is 250 g/mol. The van der Waals surface area contributed by atoms with Crippen molar-refractivity contribution in [3.63, 3.8) is 0 Å². The smallest absolute Gasteiger partial charge is 0.314 e. The van der Waals surface area contributed by atoms with Crippen molar-refractivity contribution in [2.45, 2.75) is 6.92 Å². The average Bonchev–Trinajstić information content (AvgIpc) is 2.70. The molecule has 6 heteroatoms. The van der Waals surface area contributed by atoms with Gasteiger partial charge in [0.25, 0.3) is 0 Å². The van der Waals surface area contributed by atoms with Crippen molar-refractivity contribution in [2.75, 3.05) is 31.8 Å². The molecule has 1 saturated heterocycles. The van der Waals surface area contributed by atoms with Crippen molar-refractivity contribution in [1.82, 2.24) is 14.2 Å². The molecule has 0 unspecified atom stereocenters.